The summed E-state index contributed by atoms with van der Waals surface area (Å²) >= 11 is 0. The molecule has 0 saturated carbocycles. The number of carbonyl (C=O) groups excluding carboxylic acids is 4. The maximum absolute atomic E-state index is 13.0. The number of hydrogen-bond acceptors (Lipinski definition) is 5. The topological polar surface area (TPSA) is 113 Å². The number of rotatable bonds is 7. The van der Waals surface area contributed by atoms with Gasteiger partial charge in [-0.05, 0) is 55.7 Å². The van der Waals surface area contributed by atoms with Gasteiger partial charge in [-0.3, -0.25) is 24.1 Å². The summed E-state index contributed by atoms with van der Waals surface area (Å²) in [6, 6.07) is 9.54. The molecule has 0 aliphatic carbocycles. The van der Waals surface area contributed by atoms with E-state index in [1.54, 1.807) is 18.2 Å². The molecule has 3 N–H and O–H groups in total. The molecule has 8 nitrogen and oxygen atoms in total. The van der Waals surface area contributed by atoms with Crippen LogP contribution in [0.15, 0.2) is 36.4 Å². The number of hydrogen-bond donors (Lipinski definition) is 2. The Kier molecular flexibility index (Phi) is 5.94. The van der Waals surface area contributed by atoms with E-state index in [0.717, 1.165) is 44.5 Å². The molecule has 8 heteroatoms. The smallest absolute Gasteiger partial charge is 0.261 e. The van der Waals surface area contributed by atoms with Crippen LogP contribution in [0.25, 0.3) is 0 Å². The quantitative estimate of drug-likeness (QED) is 0.651. The van der Waals surface area contributed by atoms with E-state index in [9.17, 15) is 19.2 Å². The number of unbranched alkanes of at least 4 members (excludes halogenated alkanes) is 1. The zero-order valence-corrected chi connectivity index (χ0v) is 18.0. The summed E-state index contributed by atoms with van der Waals surface area (Å²) in [5.41, 5.74) is 7.85. The number of fused-ring (bicyclic) bond motifs is 1. The normalized spacial score (nSPS) is 15.3. The minimum absolute atomic E-state index is 0.240. The zero-order chi connectivity index (χ0) is 22.8. The number of primary amides is 1. The van der Waals surface area contributed by atoms with Crippen molar-refractivity contribution in [1.82, 2.24) is 4.90 Å². The highest BCUT2D eigenvalue weighted by Gasteiger charge is 2.35. The monoisotopic (exact) mass is 434 g/mol. The van der Waals surface area contributed by atoms with Crippen molar-refractivity contribution in [2.75, 3.05) is 29.9 Å². The Hall–Kier alpha value is -3.68. The number of benzene rings is 2. The zero-order valence-electron chi connectivity index (χ0n) is 18.0. The minimum atomic E-state index is -0.581. The standard InChI is InChI=1S/C24H26N4O4/c1-2-3-12-28-23(31)17-8-6-16(13-18(17)24(28)32)22(30)26-19-14-15(21(25)29)7-9-20(19)27-10-4-5-11-27/h6-9,13-14H,2-5,10-12H2,1H3,(H2,25,29)(H,26,30). The molecule has 2 aliphatic rings. The van der Waals surface area contributed by atoms with Crippen LogP contribution in [0, 0.1) is 0 Å². The van der Waals surface area contributed by atoms with Gasteiger partial charge in [0.1, 0.15) is 0 Å². The van der Waals surface area contributed by atoms with Crippen molar-refractivity contribution < 1.29 is 19.2 Å². The van der Waals surface area contributed by atoms with Gasteiger partial charge >= 0.3 is 0 Å². The van der Waals surface area contributed by atoms with Crippen LogP contribution < -0.4 is 16.0 Å². The maximum atomic E-state index is 13.0. The van der Waals surface area contributed by atoms with Gasteiger partial charge in [-0.25, -0.2) is 0 Å². The fourth-order valence-corrected chi connectivity index (χ4v) is 4.17. The van der Waals surface area contributed by atoms with Crippen LogP contribution in [-0.4, -0.2) is 48.2 Å². The molecule has 0 atom stereocenters. The molecular weight excluding hydrogens is 408 g/mol. The van der Waals surface area contributed by atoms with E-state index in [0.29, 0.717) is 23.4 Å². The van der Waals surface area contributed by atoms with Crippen LogP contribution >= 0.6 is 0 Å². The number of nitrogens with zero attached hydrogens (tertiary/aromatic N) is 2. The van der Waals surface area contributed by atoms with Crippen molar-refractivity contribution in [3.8, 4) is 0 Å². The molecule has 0 aromatic heterocycles. The van der Waals surface area contributed by atoms with E-state index < -0.39 is 11.8 Å². The van der Waals surface area contributed by atoms with Gasteiger partial charge in [-0.1, -0.05) is 13.3 Å². The van der Waals surface area contributed by atoms with Gasteiger partial charge in [-0.15, -0.1) is 0 Å². The Bertz CT molecular complexity index is 1110. The van der Waals surface area contributed by atoms with Crippen molar-refractivity contribution >= 4 is 35.0 Å². The fourth-order valence-electron chi connectivity index (χ4n) is 4.17. The number of nitrogens with one attached hydrogen (secondary N) is 1. The van der Waals surface area contributed by atoms with Crippen molar-refractivity contribution in [1.29, 1.82) is 0 Å². The van der Waals surface area contributed by atoms with Crippen LogP contribution in [0.1, 0.15) is 74.0 Å². The molecule has 2 aliphatic heterocycles. The van der Waals surface area contributed by atoms with Gasteiger partial charge in [0.15, 0.2) is 0 Å². The first-order chi connectivity index (χ1) is 15.4. The highest BCUT2D eigenvalue weighted by atomic mass is 16.2. The van der Waals surface area contributed by atoms with Gasteiger partial charge in [0.05, 0.1) is 22.5 Å². The first-order valence-electron chi connectivity index (χ1n) is 10.9. The number of amides is 4. The van der Waals surface area contributed by atoms with Crippen molar-refractivity contribution in [3.63, 3.8) is 0 Å². The van der Waals surface area contributed by atoms with Crippen molar-refractivity contribution in [2.24, 2.45) is 5.73 Å². The summed E-state index contributed by atoms with van der Waals surface area (Å²) in [6.07, 6.45) is 3.71. The molecule has 1 saturated heterocycles. The van der Waals surface area contributed by atoms with E-state index >= 15 is 0 Å². The SMILES string of the molecule is CCCCN1C(=O)c2ccc(C(=O)Nc3cc(C(N)=O)ccc3N3CCCC3)cc2C1=O. The molecule has 1 fully saturated rings. The molecule has 0 radical (unpaired) electrons. The van der Waals surface area contributed by atoms with E-state index in [2.05, 4.69) is 10.2 Å². The third kappa shape index (κ3) is 3.95. The Morgan fingerprint density at radius 3 is 2.34 bits per heavy atom. The van der Waals surface area contributed by atoms with Gasteiger partial charge in [0.25, 0.3) is 17.7 Å². The van der Waals surface area contributed by atoms with Crippen LogP contribution in [0.5, 0.6) is 0 Å². The molecule has 4 rings (SSSR count). The molecule has 0 unspecified atom stereocenters. The number of nitrogens with two attached hydrogens (primary N) is 1. The van der Waals surface area contributed by atoms with E-state index in [1.807, 2.05) is 6.92 Å². The molecule has 2 aromatic rings. The summed E-state index contributed by atoms with van der Waals surface area (Å²) in [5, 5.41) is 2.86. The first kappa shape index (κ1) is 21.5. The Balaban J connectivity index is 1.61. The molecule has 0 bridgehead atoms. The second-order valence-corrected chi connectivity index (χ2v) is 8.12. The fraction of sp³-hybridized carbons (Fsp3) is 0.333. The predicted molar refractivity (Wildman–Crippen MR) is 121 cm³/mol. The largest absolute Gasteiger partial charge is 0.370 e. The Morgan fingerprint density at radius 1 is 0.969 bits per heavy atom. The lowest BCUT2D eigenvalue weighted by Crippen LogP contribution is -2.30. The second kappa shape index (κ2) is 8.82. The van der Waals surface area contributed by atoms with Gasteiger partial charge in [-0.2, -0.15) is 0 Å². The number of anilines is 2. The number of imide groups is 1. The average Bonchev–Trinajstić information content (AvgIpc) is 3.40. The Morgan fingerprint density at radius 2 is 1.66 bits per heavy atom. The van der Waals surface area contributed by atoms with Crippen LogP contribution in [-0.2, 0) is 0 Å². The van der Waals surface area contributed by atoms with E-state index in [1.165, 1.54) is 23.1 Å². The summed E-state index contributed by atoms with van der Waals surface area (Å²) in [4.78, 5) is 53.3. The van der Waals surface area contributed by atoms with Crippen molar-refractivity contribution in [3.05, 3.63) is 58.7 Å². The molecule has 0 spiro atoms. The van der Waals surface area contributed by atoms with Crippen LogP contribution in [0.4, 0.5) is 11.4 Å². The van der Waals surface area contributed by atoms with Gasteiger partial charge in [0, 0.05) is 30.8 Å². The van der Waals surface area contributed by atoms with Gasteiger partial charge in [0.2, 0.25) is 5.91 Å². The molecule has 2 heterocycles. The third-order valence-electron chi connectivity index (χ3n) is 5.94. The third-order valence-corrected chi connectivity index (χ3v) is 5.94. The highest BCUT2D eigenvalue weighted by molar-refractivity contribution is 6.22. The second-order valence-electron chi connectivity index (χ2n) is 8.12. The Labute approximate surface area is 186 Å². The lowest BCUT2D eigenvalue weighted by atomic mass is 10.0. The van der Waals surface area contributed by atoms with Crippen LogP contribution in [0.3, 0.4) is 0 Å². The predicted octanol–water partition coefficient (Wildman–Crippen LogP) is 3.03. The molecule has 2 aromatic carbocycles. The average molecular weight is 434 g/mol. The molecule has 32 heavy (non-hydrogen) atoms. The van der Waals surface area contributed by atoms with E-state index in [4.69, 9.17) is 5.73 Å². The summed E-state index contributed by atoms with van der Waals surface area (Å²) in [5.74, 6) is -1.71. The molecule has 4 amide bonds. The summed E-state index contributed by atoms with van der Waals surface area (Å²) < 4.78 is 0. The summed E-state index contributed by atoms with van der Waals surface area (Å²) in [7, 11) is 0. The first-order valence-corrected chi connectivity index (χ1v) is 10.9. The lowest BCUT2D eigenvalue weighted by Gasteiger charge is -2.22. The lowest BCUT2D eigenvalue weighted by molar-refractivity contribution is 0.0652. The minimum Gasteiger partial charge on any atom is -0.370 e. The van der Waals surface area contributed by atoms with E-state index in [-0.39, 0.29) is 22.9 Å². The molecular formula is C24H26N4O4. The number of carbonyl (C=O) groups is 4. The highest BCUT2D eigenvalue weighted by Crippen LogP contribution is 2.31. The summed E-state index contributed by atoms with van der Waals surface area (Å²) in [6.45, 7) is 4.08. The van der Waals surface area contributed by atoms with Gasteiger partial charge < -0.3 is 16.0 Å². The maximum Gasteiger partial charge on any atom is 0.261 e. The van der Waals surface area contributed by atoms with Crippen molar-refractivity contribution in [2.45, 2.75) is 32.6 Å². The van der Waals surface area contributed by atoms with Crippen LogP contribution in [0.2, 0.25) is 0 Å². The molecule has 166 valence electrons.